The molecule has 4 aliphatic carbocycles. The van der Waals surface area contributed by atoms with E-state index >= 15 is 0 Å². The van der Waals surface area contributed by atoms with E-state index in [1.165, 1.54) is 0 Å². The average molecular weight is 348 g/mol. The molecule has 0 radical (unpaired) electrons. The van der Waals surface area contributed by atoms with Gasteiger partial charge >= 0.3 is 0 Å². The summed E-state index contributed by atoms with van der Waals surface area (Å²) < 4.78 is 0. The van der Waals surface area contributed by atoms with Crippen molar-refractivity contribution in [2.24, 2.45) is 40.9 Å². The second-order valence-corrected chi connectivity index (χ2v) is 9.91. The molecule has 0 aromatic rings. The van der Waals surface area contributed by atoms with Crippen LogP contribution >= 0.6 is 0 Å². The number of aliphatic hydroxyl groups excluding tert-OH is 1. The molecule has 0 aromatic heterocycles. The fraction of sp³-hybridized carbons (Fsp3) is 0.905. The molecule has 4 saturated carbocycles. The van der Waals surface area contributed by atoms with Crippen LogP contribution < -0.4 is 0 Å². The first-order chi connectivity index (χ1) is 11.8. The fourth-order valence-electron chi connectivity index (χ4n) is 7.44. The summed E-state index contributed by atoms with van der Waals surface area (Å²) in [6.45, 7) is 3.77. The summed E-state index contributed by atoms with van der Waals surface area (Å²) in [5, 5.41) is 19.8. The van der Waals surface area contributed by atoms with Crippen LogP contribution in [0.4, 0.5) is 0 Å². The molecule has 0 saturated heterocycles. The smallest absolute Gasteiger partial charge is 0.161 e. The molecule has 0 aliphatic heterocycles. The predicted octanol–water partition coefficient (Wildman–Crippen LogP) is 2.75. The summed E-state index contributed by atoms with van der Waals surface area (Å²) in [5.74, 6) is 2.24. The fourth-order valence-corrected chi connectivity index (χ4v) is 7.44. The predicted molar refractivity (Wildman–Crippen MR) is 93.7 cm³/mol. The van der Waals surface area contributed by atoms with Crippen molar-refractivity contribution in [3.8, 4) is 0 Å². The van der Waals surface area contributed by atoms with Crippen LogP contribution in [-0.2, 0) is 9.59 Å². The van der Waals surface area contributed by atoms with E-state index in [1.807, 2.05) is 6.92 Å². The summed E-state index contributed by atoms with van der Waals surface area (Å²) in [5.41, 5.74) is -0.715. The molecule has 0 heterocycles. The minimum absolute atomic E-state index is 0.00261. The Balaban J connectivity index is 1.59. The van der Waals surface area contributed by atoms with Gasteiger partial charge in [-0.3, -0.25) is 9.59 Å². The highest BCUT2D eigenvalue weighted by molar-refractivity contribution is 5.84. The van der Waals surface area contributed by atoms with Crippen molar-refractivity contribution in [3.63, 3.8) is 0 Å². The van der Waals surface area contributed by atoms with Crippen LogP contribution in [0.3, 0.4) is 0 Å². The molecule has 8 atom stereocenters. The third-order valence-electron chi connectivity index (χ3n) is 8.63. The SMILES string of the molecule is C[C@]1(O)CC[C@@H]2[C@H]3CC[C@]4(C)[C@@H](C(=O)CO)CC[C@H]4[C@@H]3CC(=O)[C@H]2C1. The van der Waals surface area contributed by atoms with Crippen molar-refractivity contribution >= 4 is 11.6 Å². The van der Waals surface area contributed by atoms with Gasteiger partial charge in [-0.2, -0.15) is 0 Å². The van der Waals surface area contributed by atoms with Gasteiger partial charge < -0.3 is 10.2 Å². The Bertz CT molecular complexity index is 582. The van der Waals surface area contributed by atoms with E-state index in [9.17, 15) is 19.8 Å². The molecule has 4 fully saturated rings. The van der Waals surface area contributed by atoms with Crippen molar-refractivity contribution < 1.29 is 19.8 Å². The van der Waals surface area contributed by atoms with Gasteiger partial charge in [-0.15, -0.1) is 0 Å². The summed E-state index contributed by atoms with van der Waals surface area (Å²) in [7, 11) is 0. The Kier molecular flexibility index (Phi) is 4.16. The normalized spacial score (nSPS) is 52.2. The van der Waals surface area contributed by atoms with Gasteiger partial charge in [0.1, 0.15) is 12.4 Å². The molecule has 4 nitrogen and oxygen atoms in total. The molecular formula is C21H32O4. The molecule has 4 rings (SSSR count). The van der Waals surface area contributed by atoms with E-state index < -0.39 is 5.60 Å². The topological polar surface area (TPSA) is 74.6 Å². The highest BCUT2D eigenvalue weighted by atomic mass is 16.3. The van der Waals surface area contributed by atoms with Crippen LogP contribution in [0.1, 0.15) is 65.2 Å². The zero-order valence-electron chi connectivity index (χ0n) is 15.5. The Morgan fingerprint density at radius 2 is 1.80 bits per heavy atom. The molecule has 25 heavy (non-hydrogen) atoms. The van der Waals surface area contributed by atoms with Crippen molar-refractivity contribution in [3.05, 3.63) is 0 Å². The van der Waals surface area contributed by atoms with Gasteiger partial charge in [-0.1, -0.05) is 6.92 Å². The number of carbonyl (C=O) groups is 2. The first-order valence-electron chi connectivity index (χ1n) is 10.2. The lowest BCUT2D eigenvalue weighted by Crippen LogP contribution is -2.54. The van der Waals surface area contributed by atoms with Crippen LogP contribution in [0.5, 0.6) is 0 Å². The molecule has 0 amide bonds. The van der Waals surface area contributed by atoms with Gasteiger partial charge in [0, 0.05) is 18.3 Å². The molecule has 4 aliphatic rings. The van der Waals surface area contributed by atoms with Gasteiger partial charge in [0.15, 0.2) is 5.78 Å². The highest BCUT2D eigenvalue weighted by Gasteiger charge is 2.60. The van der Waals surface area contributed by atoms with Crippen molar-refractivity contribution in [2.75, 3.05) is 6.61 Å². The standard InChI is InChI=1S/C21H32O4/c1-20(25)7-5-13-12-6-8-21(2)16(3-4-17(21)19(24)11-22)14(12)9-18(23)15(13)10-20/h12-17,22,25H,3-11H2,1-2H3/t12-,13-,14-,15+,16+,17-,20+,21+/m1/s1. The van der Waals surface area contributed by atoms with Gasteiger partial charge in [0.2, 0.25) is 0 Å². The van der Waals surface area contributed by atoms with Crippen LogP contribution in [0.25, 0.3) is 0 Å². The second kappa shape index (κ2) is 5.88. The van der Waals surface area contributed by atoms with Gasteiger partial charge in [0.25, 0.3) is 0 Å². The number of aliphatic hydroxyl groups is 2. The van der Waals surface area contributed by atoms with Gasteiger partial charge in [0.05, 0.1) is 5.60 Å². The lowest BCUT2D eigenvalue weighted by atomic mass is 9.48. The minimum Gasteiger partial charge on any atom is -0.390 e. The zero-order valence-corrected chi connectivity index (χ0v) is 15.5. The average Bonchev–Trinajstić information content (AvgIpc) is 2.91. The summed E-state index contributed by atoms with van der Waals surface area (Å²) in [6, 6.07) is 0. The van der Waals surface area contributed by atoms with Crippen LogP contribution in [0.2, 0.25) is 0 Å². The van der Waals surface area contributed by atoms with E-state index in [0.717, 1.165) is 38.5 Å². The van der Waals surface area contributed by atoms with E-state index in [-0.39, 0.29) is 29.6 Å². The first kappa shape index (κ1) is 17.7. The molecule has 0 unspecified atom stereocenters. The number of rotatable bonds is 2. The number of fused-ring (bicyclic) bond motifs is 5. The molecule has 2 N–H and O–H groups in total. The lowest BCUT2D eigenvalue weighted by Gasteiger charge is -2.56. The van der Waals surface area contributed by atoms with E-state index in [4.69, 9.17) is 0 Å². The van der Waals surface area contributed by atoms with Crippen molar-refractivity contribution in [2.45, 2.75) is 70.8 Å². The Morgan fingerprint density at radius 3 is 2.52 bits per heavy atom. The van der Waals surface area contributed by atoms with E-state index in [0.29, 0.717) is 42.3 Å². The maximum atomic E-state index is 12.9. The van der Waals surface area contributed by atoms with Crippen LogP contribution in [0.15, 0.2) is 0 Å². The van der Waals surface area contributed by atoms with Gasteiger partial charge in [-0.25, -0.2) is 0 Å². The zero-order chi connectivity index (χ0) is 18.0. The molecule has 4 heteroatoms. The van der Waals surface area contributed by atoms with Gasteiger partial charge in [-0.05, 0) is 81.0 Å². The van der Waals surface area contributed by atoms with Crippen LogP contribution in [0, 0.1) is 40.9 Å². The van der Waals surface area contributed by atoms with Crippen molar-refractivity contribution in [1.82, 2.24) is 0 Å². The summed E-state index contributed by atoms with van der Waals surface area (Å²) in [4.78, 5) is 25.2. The Morgan fingerprint density at radius 1 is 1.08 bits per heavy atom. The third kappa shape index (κ3) is 2.63. The number of ketones is 2. The maximum Gasteiger partial charge on any atom is 0.161 e. The lowest BCUT2D eigenvalue weighted by molar-refractivity contribution is -0.150. The van der Waals surface area contributed by atoms with E-state index in [2.05, 4.69) is 6.92 Å². The minimum atomic E-state index is -0.682. The second-order valence-electron chi connectivity index (χ2n) is 9.91. The molecule has 0 aromatic carbocycles. The Hall–Kier alpha value is -0.740. The number of hydrogen-bond donors (Lipinski definition) is 2. The highest BCUT2D eigenvalue weighted by Crippen LogP contribution is 2.64. The quantitative estimate of drug-likeness (QED) is 0.805. The number of Topliss-reactive ketones (excluding diaryl/α,β-unsaturated/α-hetero) is 2. The summed E-state index contributed by atoms with van der Waals surface area (Å²) >= 11 is 0. The van der Waals surface area contributed by atoms with E-state index in [1.54, 1.807) is 0 Å². The number of hydrogen-bond acceptors (Lipinski definition) is 4. The maximum absolute atomic E-state index is 12.9. The Labute approximate surface area is 150 Å². The summed E-state index contributed by atoms with van der Waals surface area (Å²) in [6.07, 6.45) is 7.09. The van der Waals surface area contributed by atoms with Crippen molar-refractivity contribution in [1.29, 1.82) is 0 Å². The molecule has 140 valence electrons. The first-order valence-corrected chi connectivity index (χ1v) is 10.2. The molecule has 0 spiro atoms. The largest absolute Gasteiger partial charge is 0.390 e. The van der Waals surface area contributed by atoms with Crippen LogP contribution in [-0.4, -0.2) is 34.0 Å². The third-order valence-corrected chi connectivity index (χ3v) is 8.63. The monoisotopic (exact) mass is 348 g/mol. The molecular weight excluding hydrogens is 316 g/mol. The molecule has 0 bridgehead atoms. The number of carbonyl (C=O) groups excluding carboxylic acids is 2.